The van der Waals surface area contributed by atoms with Crippen LogP contribution in [0.3, 0.4) is 0 Å². The van der Waals surface area contributed by atoms with Crippen molar-refractivity contribution in [2.24, 2.45) is 34.1 Å². The maximum absolute atomic E-state index is 12.7. The number of allylic oxidation sites excluding steroid dienone is 2. The quantitative estimate of drug-likeness (QED) is 0.161. The van der Waals surface area contributed by atoms with Gasteiger partial charge in [-0.1, -0.05) is 12.2 Å². The minimum Gasteiger partial charge on any atom is -0.385 e. The number of hydrogen-bond donors (Lipinski definition) is 2. The van der Waals surface area contributed by atoms with Crippen LogP contribution in [0.4, 0.5) is 0 Å². The molecule has 1 saturated heterocycles. The van der Waals surface area contributed by atoms with Gasteiger partial charge in [-0.05, 0) is 49.9 Å². The van der Waals surface area contributed by atoms with Crippen molar-refractivity contribution in [3.05, 3.63) is 12.2 Å². The summed E-state index contributed by atoms with van der Waals surface area (Å²) < 4.78 is 5.21. The first-order valence-corrected chi connectivity index (χ1v) is 10.6. The molecule has 4 atom stereocenters. The van der Waals surface area contributed by atoms with Crippen molar-refractivity contribution in [3.8, 4) is 0 Å². The fourth-order valence-corrected chi connectivity index (χ4v) is 5.04. The number of ether oxygens (including phenoxy) is 1. The number of halogens is 1. The van der Waals surface area contributed by atoms with E-state index in [1.54, 1.807) is 7.11 Å². The number of amides is 2. The van der Waals surface area contributed by atoms with Crippen LogP contribution in [0.25, 0.3) is 0 Å². The number of rotatable bonds is 9. The standard InChI is InChI=1S/C21H32N4O3.HI/c1-3-22-20(24-13-21(6-7-21)8-11-28-2)23-9-10-25-18(26)16-14-4-5-15(12-14)17(16)19(25)27;/h4-5,14-17H,3,6-13H2,1-2H3,(H2,22,23,24);1H. The lowest BCUT2D eigenvalue weighted by Gasteiger charge is -2.19. The third-order valence-corrected chi connectivity index (χ3v) is 6.90. The predicted octanol–water partition coefficient (Wildman–Crippen LogP) is 1.78. The van der Waals surface area contributed by atoms with Gasteiger partial charge in [0.1, 0.15) is 0 Å². The summed E-state index contributed by atoms with van der Waals surface area (Å²) in [5.74, 6) is 1.11. The molecule has 0 spiro atoms. The predicted molar refractivity (Wildman–Crippen MR) is 122 cm³/mol. The second kappa shape index (κ2) is 9.32. The van der Waals surface area contributed by atoms with E-state index >= 15 is 0 Å². The van der Waals surface area contributed by atoms with Crippen LogP contribution >= 0.6 is 24.0 Å². The smallest absolute Gasteiger partial charge is 0.233 e. The molecule has 2 saturated carbocycles. The number of aliphatic imine (C=N–C) groups is 1. The zero-order valence-corrected chi connectivity index (χ0v) is 19.7. The highest BCUT2D eigenvalue weighted by Crippen LogP contribution is 2.52. The first-order valence-electron chi connectivity index (χ1n) is 10.6. The van der Waals surface area contributed by atoms with Gasteiger partial charge in [0.2, 0.25) is 11.8 Å². The van der Waals surface area contributed by atoms with Gasteiger partial charge in [-0.25, -0.2) is 0 Å². The summed E-state index contributed by atoms with van der Waals surface area (Å²) in [4.78, 5) is 31.7. The molecule has 3 fully saturated rings. The van der Waals surface area contributed by atoms with Gasteiger partial charge in [0.05, 0.1) is 11.8 Å². The first kappa shape index (κ1) is 22.5. The largest absolute Gasteiger partial charge is 0.385 e. The Bertz CT molecular complexity index is 661. The van der Waals surface area contributed by atoms with Crippen molar-refractivity contribution >= 4 is 41.8 Å². The van der Waals surface area contributed by atoms with E-state index in [4.69, 9.17) is 9.73 Å². The highest BCUT2D eigenvalue weighted by Gasteiger charge is 2.58. The number of carbonyl (C=O) groups is 2. The average Bonchev–Trinajstić information content (AvgIpc) is 3.04. The molecule has 0 aromatic heterocycles. The summed E-state index contributed by atoms with van der Waals surface area (Å²) in [6.45, 7) is 5.30. The van der Waals surface area contributed by atoms with Crippen LogP contribution in [-0.4, -0.2) is 62.6 Å². The molecule has 0 aromatic carbocycles. The average molecular weight is 516 g/mol. The van der Waals surface area contributed by atoms with Gasteiger partial charge in [-0.3, -0.25) is 19.5 Å². The molecule has 0 radical (unpaired) electrons. The third-order valence-electron chi connectivity index (χ3n) is 6.90. The second-order valence-corrected chi connectivity index (χ2v) is 8.69. The number of nitrogens with one attached hydrogen (secondary N) is 2. The monoisotopic (exact) mass is 516 g/mol. The van der Waals surface area contributed by atoms with Crippen LogP contribution in [-0.2, 0) is 14.3 Å². The van der Waals surface area contributed by atoms with Crippen molar-refractivity contribution < 1.29 is 14.3 Å². The van der Waals surface area contributed by atoms with Crippen molar-refractivity contribution in [1.82, 2.24) is 15.5 Å². The zero-order chi connectivity index (χ0) is 19.7. The Morgan fingerprint density at radius 1 is 1.21 bits per heavy atom. The van der Waals surface area contributed by atoms with Crippen molar-refractivity contribution in [3.63, 3.8) is 0 Å². The Morgan fingerprint density at radius 3 is 2.41 bits per heavy atom. The SMILES string of the molecule is CCNC(=NCC1(CCOC)CC1)NCCN1C(=O)C2C3C=CC(C3)C2C1=O.I. The van der Waals surface area contributed by atoms with Gasteiger partial charge >= 0.3 is 0 Å². The lowest BCUT2D eigenvalue weighted by molar-refractivity contribution is -0.140. The topological polar surface area (TPSA) is 83.0 Å². The number of carbonyl (C=O) groups excluding carboxylic acids is 2. The van der Waals surface area contributed by atoms with Crippen molar-refractivity contribution in [1.29, 1.82) is 0 Å². The fourth-order valence-electron chi connectivity index (χ4n) is 5.04. The van der Waals surface area contributed by atoms with Gasteiger partial charge in [0.15, 0.2) is 5.96 Å². The van der Waals surface area contributed by atoms with E-state index in [2.05, 4.69) is 22.8 Å². The molecule has 4 unspecified atom stereocenters. The molecule has 2 bridgehead atoms. The molecule has 1 aliphatic heterocycles. The number of guanidine groups is 1. The van der Waals surface area contributed by atoms with Crippen LogP contribution in [0.2, 0.25) is 0 Å². The molecule has 3 aliphatic carbocycles. The minimum absolute atomic E-state index is 0. The maximum atomic E-state index is 12.7. The van der Waals surface area contributed by atoms with Crippen LogP contribution < -0.4 is 10.6 Å². The lowest BCUT2D eigenvalue weighted by Crippen LogP contribution is -2.44. The van der Waals surface area contributed by atoms with E-state index in [0.717, 1.165) is 38.5 Å². The van der Waals surface area contributed by atoms with Crippen LogP contribution in [0.5, 0.6) is 0 Å². The number of hydrogen-bond acceptors (Lipinski definition) is 4. The Balaban J connectivity index is 0.00000240. The molecule has 4 rings (SSSR count). The number of methoxy groups -OCH3 is 1. The molecule has 2 amide bonds. The van der Waals surface area contributed by atoms with E-state index in [-0.39, 0.29) is 59.5 Å². The third kappa shape index (κ3) is 4.47. The summed E-state index contributed by atoms with van der Waals surface area (Å²) in [6, 6.07) is 0. The Hall–Kier alpha value is -1.16. The van der Waals surface area contributed by atoms with Crippen LogP contribution in [0.1, 0.15) is 32.6 Å². The van der Waals surface area contributed by atoms with E-state index < -0.39 is 0 Å². The van der Waals surface area contributed by atoms with Crippen LogP contribution in [0, 0.1) is 29.1 Å². The van der Waals surface area contributed by atoms with Gasteiger partial charge in [0.25, 0.3) is 0 Å². The van der Waals surface area contributed by atoms with E-state index in [1.807, 2.05) is 6.92 Å². The summed E-state index contributed by atoms with van der Waals surface area (Å²) >= 11 is 0. The normalized spacial score (nSPS) is 31.1. The lowest BCUT2D eigenvalue weighted by atomic mass is 9.85. The second-order valence-electron chi connectivity index (χ2n) is 8.69. The number of imide groups is 1. The molecule has 162 valence electrons. The van der Waals surface area contributed by atoms with Crippen LogP contribution in [0.15, 0.2) is 17.1 Å². The number of fused-ring (bicyclic) bond motifs is 5. The molecular formula is C21H33IN4O3. The zero-order valence-electron chi connectivity index (χ0n) is 17.4. The molecular weight excluding hydrogens is 483 g/mol. The number of likely N-dealkylation sites (tertiary alicyclic amines) is 1. The molecule has 4 aliphatic rings. The van der Waals surface area contributed by atoms with Gasteiger partial charge in [-0.2, -0.15) is 0 Å². The van der Waals surface area contributed by atoms with E-state index in [9.17, 15) is 9.59 Å². The summed E-state index contributed by atoms with van der Waals surface area (Å²) in [6.07, 6.45) is 8.69. The van der Waals surface area contributed by atoms with Gasteiger partial charge in [-0.15, -0.1) is 24.0 Å². The molecule has 8 heteroatoms. The summed E-state index contributed by atoms with van der Waals surface area (Å²) in [7, 11) is 1.74. The molecule has 0 aromatic rings. The molecule has 7 nitrogen and oxygen atoms in total. The van der Waals surface area contributed by atoms with E-state index in [1.165, 1.54) is 17.7 Å². The molecule has 2 N–H and O–H groups in total. The highest BCUT2D eigenvalue weighted by atomic mass is 127. The molecule has 29 heavy (non-hydrogen) atoms. The summed E-state index contributed by atoms with van der Waals surface area (Å²) in [5.41, 5.74) is 0.295. The van der Waals surface area contributed by atoms with E-state index in [0.29, 0.717) is 18.5 Å². The molecule has 1 heterocycles. The van der Waals surface area contributed by atoms with Gasteiger partial charge < -0.3 is 15.4 Å². The fraction of sp³-hybridized carbons (Fsp3) is 0.762. The minimum atomic E-state index is -0.111. The number of nitrogens with zero attached hydrogens (tertiary/aromatic N) is 2. The van der Waals surface area contributed by atoms with Gasteiger partial charge in [0, 0.05) is 39.9 Å². The van der Waals surface area contributed by atoms with Crippen molar-refractivity contribution in [2.45, 2.75) is 32.6 Å². The highest BCUT2D eigenvalue weighted by molar-refractivity contribution is 14.0. The maximum Gasteiger partial charge on any atom is 0.233 e. The Morgan fingerprint density at radius 2 is 1.86 bits per heavy atom. The van der Waals surface area contributed by atoms with Crippen molar-refractivity contribution in [2.75, 3.05) is 39.9 Å². The Kier molecular flexibility index (Phi) is 7.24. The Labute approximate surface area is 190 Å². The first-order chi connectivity index (χ1) is 13.6. The summed E-state index contributed by atoms with van der Waals surface area (Å²) in [5, 5.41) is 6.55.